The van der Waals surface area contributed by atoms with E-state index in [0.717, 1.165) is 29.9 Å². The van der Waals surface area contributed by atoms with Crippen LogP contribution in [0.2, 0.25) is 0 Å². The van der Waals surface area contributed by atoms with E-state index in [0.29, 0.717) is 23.9 Å². The molecule has 1 fully saturated rings. The minimum absolute atomic E-state index is 0.265. The van der Waals surface area contributed by atoms with Gasteiger partial charge >= 0.3 is 0 Å². The highest BCUT2D eigenvalue weighted by Gasteiger charge is 2.39. The van der Waals surface area contributed by atoms with Gasteiger partial charge in [0.25, 0.3) is 0 Å². The first-order chi connectivity index (χ1) is 11.6. The van der Waals surface area contributed by atoms with E-state index in [-0.39, 0.29) is 5.92 Å². The van der Waals surface area contributed by atoms with Crippen LogP contribution >= 0.6 is 0 Å². The third-order valence-corrected chi connectivity index (χ3v) is 6.84. The molecule has 0 amide bonds. The summed E-state index contributed by atoms with van der Waals surface area (Å²) in [5, 5.41) is 3.39. The van der Waals surface area contributed by atoms with Crippen LogP contribution in [0.15, 0.2) is 47.5 Å². The summed E-state index contributed by atoms with van der Waals surface area (Å²) in [5.41, 5.74) is 3.02. The Kier molecular flexibility index (Phi) is 3.90. The molecule has 1 saturated heterocycles. The predicted molar refractivity (Wildman–Crippen MR) is 92.1 cm³/mol. The Bertz CT molecular complexity index is 866. The van der Waals surface area contributed by atoms with Crippen LogP contribution < -0.4 is 5.32 Å². The third-order valence-electron chi connectivity index (χ3n) is 5.03. The lowest BCUT2D eigenvalue weighted by Gasteiger charge is -2.23. The van der Waals surface area contributed by atoms with Crippen LogP contribution in [0.1, 0.15) is 22.7 Å². The predicted octanol–water partition coefficient (Wildman–Crippen LogP) is 1.90. The zero-order valence-electron chi connectivity index (χ0n) is 13.6. The number of aromatic nitrogens is 1. The second-order valence-electron chi connectivity index (χ2n) is 6.69. The molecule has 2 aliphatic rings. The van der Waals surface area contributed by atoms with E-state index in [1.165, 1.54) is 0 Å². The van der Waals surface area contributed by atoms with E-state index in [9.17, 15) is 8.42 Å². The normalized spacial score (nSPS) is 24.2. The van der Waals surface area contributed by atoms with Gasteiger partial charge in [-0.2, -0.15) is 4.31 Å². The second-order valence-corrected chi connectivity index (χ2v) is 8.62. The van der Waals surface area contributed by atoms with Crippen molar-refractivity contribution in [2.45, 2.75) is 24.3 Å². The molecule has 24 heavy (non-hydrogen) atoms. The minimum Gasteiger partial charge on any atom is -0.316 e. The topological polar surface area (TPSA) is 62.3 Å². The molecule has 3 heterocycles. The van der Waals surface area contributed by atoms with Crippen LogP contribution in [0.5, 0.6) is 0 Å². The van der Waals surface area contributed by atoms with Crippen molar-refractivity contribution in [2.75, 3.05) is 19.6 Å². The van der Waals surface area contributed by atoms with Crippen LogP contribution in [0.25, 0.3) is 0 Å². The quantitative estimate of drug-likeness (QED) is 0.905. The zero-order valence-corrected chi connectivity index (χ0v) is 14.5. The molecule has 2 aliphatic heterocycles. The van der Waals surface area contributed by atoms with Gasteiger partial charge in [-0.15, -0.1) is 0 Å². The molecule has 5 nitrogen and oxygen atoms in total. The SMILES string of the molecule is Cc1cccc(S(=O)(=O)N2Cc3cccnc3[C@@H]3CNC[C@H]3C2)c1. The van der Waals surface area contributed by atoms with Crippen LogP contribution in [0, 0.1) is 12.8 Å². The van der Waals surface area contributed by atoms with Gasteiger partial charge in [0.15, 0.2) is 0 Å². The van der Waals surface area contributed by atoms with Crippen LogP contribution in [0.3, 0.4) is 0 Å². The zero-order chi connectivity index (χ0) is 16.7. The largest absolute Gasteiger partial charge is 0.316 e. The lowest BCUT2D eigenvalue weighted by atomic mass is 9.91. The summed E-state index contributed by atoms with van der Waals surface area (Å²) >= 11 is 0. The highest BCUT2D eigenvalue weighted by atomic mass is 32.2. The van der Waals surface area contributed by atoms with Crippen LogP contribution in [-0.4, -0.2) is 37.3 Å². The first kappa shape index (κ1) is 15.7. The standard InChI is InChI=1S/C18H21N3O2S/c1-13-4-2-6-16(8-13)24(22,23)21-11-14-5-3-7-20-18(14)17-10-19-9-15(17)12-21/h2-8,15,17,19H,9-12H2,1H3/t15-,17+/m0/s1. The van der Waals surface area contributed by atoms with Crippen molar-refractivity contribution in [3.05, 3.63) is 59.4 Å². The Morgan fingerprint density at radius 3 is 2.92 bits per heavy atom. The smallest absolute Gasteiger partial charge is 0.243 e. The van der Waals surface area contributed by atoms with Gasteiger partial charge in [0.2, 0.25) is 10.0 Å². The number of benzene rings is 1. The van der Waals surface area contributed by atoms with E-state index >= 15 is 0 Å². The average Bonchev–Trinajstić information content (AvgIpc) is 2.96. The van der Waals surface area contributed by atoms with Gasteiger partial charge in [-0.3, -0.25) is 4.98 Å². The van der Waals surface area contributed by atoms with Crippen molar-refractivity contribution < 1.29 is 8.42 Å². The number of fused-ring (bicyclic) bond motifs is 3. The molecule has 0 saturated carbocycles. The van der Waals surface area contributed by atoms with Crippen LogP contribution in [-0.2, 0) is 16.6 Å². The van der Waals surface area contributed by atoms with Crippen molar-refractivity contribution in [1.29, 1.82) is 0 Å². The maximum atomic E-state index is 13.2. The molecule has 1 aromatic heterocycles. The number of hydrogen-bond acceptors (Lipinski definition) is 4. The Labute approximate surface area is 142 Å². The van der Waals surface area contributed by atoms with E-state index in [1.807, 2.05) is 25.1 Å². The van der Waals surface area contributed by atoms with E-state index in [1.54, 1.807) is 28.7 Å². The van der Waals surface area contributed by atoms with E-state index in [4.69, 9.17) is 0 Å². The van der Waals surface area contributed by atoms with E-state index in [2.05, 4.69) is 10.3 Å². The van der Waals surface area contributed by atoms with Crippen molar-refractivity contribution in [3.8, 4) is 0 Å². The third kappa shape index (κ3) is 2.64. The monoisotopic (exact) mass is 343 g/mol. The number of nitrogens with one attached hydrogen (secondary N) is 1. The number of sulfonamides is 1. The summed E-state index contributed by atoms with van der Waals surface area (Å²) in [6, 6.07) is 11.0. The fourth-order valence-corrected chi connectivity index (χ4v) is 5.37. The van der Waals surface area contributed by atoms with Gasteiger partial charge in [-0.05, 0) is 48.7 Å². The summed E-state index contributed by atoms with van der Waals surface area (Å²) in [5.74, 6) is 0.555. The molecule has 126 valence electrons. The molecule has 1 N–H and O–H groups in total. The molecule has 1 aromatic carbocycles. The summed E-state index contributed by atoms with van der Waals surface area (Å²) < 4.78 is 28.0. The molecule has 6 heteroatoms. The summed E-state index contributed by atoms with van der Waals surface area (Å²) in [7, 11) is -3.51. The van der Waals surface area contributed by atoms with Crippen molar-refractivity contribution >= 4 is 10.0 Å². The van der Waals surface area contributed by atoms with Gasteiger partial charge in [0, 0.05) is 37.4 Å². The second kappa shape index (κ2) is 5.95. The highest BCUT2D eigenvalue weighted by molar-refractivity contribution is 7.89. The molecule has 2 atom stereocenters. The minimum atomic E-state index is -3.51. The van der Waals surface area contributed by atoms with Gasteiger partial charge in [0.05, 0.1) is 4.90 Å². The number of pyridine rings is 1. The lowest BCUT2D eigenvalue weighted by molar-refractivity contribution is 0.349. The molecule has 2 aromatic rings. The van der Waals surface area contributed by atoms with Crippen molar-refractivity contribution in [3.63, 3.8) is 0 Å². The summed E-state index contributed by atoms with van der Waals surface area (Å²) in [6.45, 7) is 4.54. The fourth-order valence-electron chi connectivity index (χ4n) is 3.79. The number of aryl methyl sites for hydroxylation is 1. The molecule has 0 bridgehead atoms. The maximum Gasteiger partial charge on any atom is 0.243 e. The Balaban J connectivity index is 1.76. The fraction of sp³-hybridized carbons (Fsp3) is 0.389. The first-order valence-electron chi connectivity index (χ1n) is 8.27. The first-order valence-corrected chi connectivity index (χ1v) is 9.71. The van der Waals surface area contributed by atoms with Crippen molar-refractivity contribution in [1.82, 2.24) is 14.6 Å². The summed E-state index contributed by atoms with van der Waals surface area (Å²) in [4.78, 5) is 4.94. The molecule has 0 spiro atoms. The lowest BCUT2D eigenvalue weighted by Crippen LogP contribution is -2.35. The van der Waals surface area contributed by atoms with Crippen LogP contribution in [0.4, 0.5) is 0 Å². The molecule has 4 rings (SSSR count). The molecule has 0 unspecified atom stereocenters. The Morgan fingerprint density at radius 2 is 2.08 bits per heavy atom. The Hall–Kier alpha value is -1.76. The number of rotatable bonds is 2. The molecule has 0 radical (unpaired) electrons. The van der Waals surface area contributed by atoms with Crippen molar-refractivity contribution in [2.24, 2.45) is 5.92 Å². The van der Waals surface area contributed by atoms with E-state index < -0.39 is 10.0 Å². The molecular formula is C18H21N3O2S. The van der Waals surface area contributed by atoms with Gasteiger partial charge in [0.1, 0.15) is 0 Å². The maximum absolute atomic E-state index is 13.2. The van der Waals surface area contributed by atoms with Gasteiger partial charge < -0.3 is 5.32 Å². The van der Waals surface area contributed by atoms with Gasteiger partial charge in [-0.1, -0.05) is 18.2 Å². The van der Waals surface area contributed by atoms with Gasteiger partial charge in [-0.25, -0.2) is 8.42 Å². The molecule has 0 aliphatic carbocycles. The average molecular weight is 343 g/mol. The summed E-state index contributed by atoms with van der Waals surface area (Å²) in [6.07, 6.45) is 1.80. The Morgan fingerprint density at radius 1 is 1.21 bits per heavy atom. The highest BCUT2D eigenvalue weighted by Crippen LogP contribution is 2.35. The number of hydrogen-bond donors (Lipinski definition) is 1. The number of nitrogens with zero attached hydrogens (tertiary/aromatic N) is 2. The molecular weight excluding hydrogens is 322 g/mol.